The molecule has 0 saturated heterocycles. The minimum Gasteiger partial charge on any atom is -0.384 e. The molecule has 7 nitrogen and oxygen atoms in total. The number of rotatable bonds is 6. The maximum absolute atomic E-state index is 13.3. The molecule has 3 heterocycles. The van der Waals surface area contributed by atoms with E-state index in [4.69, 9.17) is 0 Å². The van der Waals surface area contributed by atoms with Crippen LogP contribution in [0.1, 0.15) is 56.7 Å². The van der Waals surface area contributed by atoms with Gasteiger partial charge in [0.1, 0.15) is 17.0 Å². The summed E-state index contributed by atoms with van der Waals surface area (Å²) in [5.74, 6) is 0.932. The molecular weight excluding hydrogens is 328 g/mol. The van der Waals surface area contributed by atoms with Crippen LogP contribution in [0.15, 0.2) is 18.3 Å². The highest BCUT2D eigenvalue weighted by Gasteiger charge is 2.27. The van der Waals surface area contributed by atoms with E-state index < -0.39 is 0 Å². The quantitative estimate of drug-likeness (QED) is 0.735. The molecule has 0 bridgehead atoms. The molecule has 0 aliphatic rings. The van der Waals surface area contributed by atoms with Crippen molar-refractivity contribution in [3.8, 4) is 0 Å². The van der Waals surface area contributed by atoms with Gasteiger partial charge in [-0.2, -0.15) is 0 Å². The number of carbonyl (C=O) groups excluding carboxylic acids is 1. The summed E-state index contributed by atoms with van der Waals surface area (Å²) in [6.45, 7) is 12.1. The van der Waals surface area contributed by atoms with E-state index in [-0.39, 0.29) is 11.8 Å². The number of amides is 1. The molecule has 0 aliphatic heterocycles. The average Bonchev–Trinajstić information content (AvgIpc) is 3.08. The van der Waals surface area contributed by atoms with Crippen molar-refractivity contribution < 1.29 is 4.79 Å². The lowest BCUT2D eigenvalue weighted by Crippen LogP contribution is -2.31. The summed E-state index contributed by atoms with van der Waals surface area (Å²) in [5.41, 5.74) is 2.68. The molecule has 0 radical (unpaired) electrons. The second kappa shape index (κ2) is 7.27. The largest absolute Gasteiger partial charge is 0.384 e. The summed E-state index contributed by atoms with van der Waals surface area (Å²) in [4.78, 5) is 19.7. The van der Waals surface area contributed by atoms with Crippen LogP contribution in [0.2, 0.25) is 0 Å². The van der Waals surface area contributed by atoms with E-state index in [1.54, 1.807) is 6.20 Å². The van der Waals surface area contributed by atoms with Gasteiger partial charge in [-0.15, -0.1) is 10.2 Å². The number of hydrogen-bond acceptors (Lipinski definition) is 5. The van der Waals surface area contributed by atoms with Crippen molar-refractivity contribution in [2.75, 3.05) is 25.0 Å². The Labute approximate surface area is 153 Å². The molecule has 0 spiro atoms. The normalized spacial score (nSPS) is 11.5. The fourth-order valence-corrected chi connectivity index (χ4v) is 3.29. The first-order valence-corrected chi connectivity index (χ1v) is 9.23. The minimum atomic E-state index is -0.0376. The standard InChI is InChI=1S/C19H26N6O/c1-6-20-15-13-10-9-11-21-17(13)25-16(12(4)5)22-23-18(25)14(15)19(26)24(7-2)8-3/h9-12,20H,6-8H2,1-5H3. The number of nitrogens with zero attached hydrogens (tertiary/aromatic N) is 5. The van der Waals surface area contributed by atoms with Gasteiger partial charge in [0.15, 0.2) is 5.65 Å². The van der Waals surface area contributed by atoms with E-state index in [2.05, 4.69) is 34.3 Å². The van der Waals surface area contributed by atoms with Crippen LogP contribution in [-0.2, 0) is 0 Å². The SMILES string of the molecule is CCNc1c(C(=O)N(CC)CC)c2nnc(C(C)C)n2c2ncccc12. The zero-order valence-corrected chi connectivity index (χ0v) is 16.1. The Morgan fingerprint density at radius 2 is 1.92 bits per heavy atom. The Morgan fingerprint density at radius 3 is 2.54 bits per heavy atom. The van der Waals surface area contributed by atoms with E-state index in [9.17, 15) is 4.79 Å². The van der Waals surface area contributed by atoms with Crippen LogP contribution in [0.3, 0.4) is 0 Å². The van der Waals surface area contributed by atoms with Crippen molar-refractivity contribution in [3.05, 3.63) is 29.7 Å². The molecule has 26 heavy (non-hydrogen) atoms. The Hall–Kier alpha value is -2.70. The van der Waals surface area contributed by atoms with Gasteiger partial charge in [0, 0.05) is 37.1 Å². The fraction of sp³-hybridized carbons (Fsp3) is 0.474. The number of carbonyl (C=O) groups is 1. The third-order valence-corrected chi connectivity index (χ3v) is 4.56. The number of hydrogen-bond donors (Lipinski definition) is 1. The number of fused-ring (bicyclic) bond motifs is 3. The van der Waals surface area contributed by atoms with Gasteiger partial charge in [0.25, 0.3) is 5.91 Å². The molecule has 1 N–H and O–H groups in total. The molecule has 3 rings (SSSR count). The zero-order chi connectivity index (χ0) is 18.8. The predicted octanol–water partition coefficient (Wildman–Crippen LogP) is 3.31. The summed E-state index contributed by atoms with van der Waals surface area (Å²) < 4.78 is 1.93. The van der Waals surface area contributed by atoms with Gasteiger partial charge in [-0.25, -0.2) is 4.98 Å². The fourth-order valence-electron chi connectivity index (χ4n) is 3.29. The molecule has 0 atom stereocenters. The molecule has 138 valence electrons. The summed E-state index contributed by atoms with van der Waals surface area (Å²) in [5, 5.41) is 13.0. The second-order valence-corrected chi connectivity index (χ2v) is 6.50. The topological polar surface area (TPSA) is 75.4 Å². The van der Waals surface area contributed by atoms with Gasteiger partial charge in [-0.05, 0) is 32.9 Å². The first-order valence-electron chi connectivity index (χ1n) is 9.23. The number of aromatic nitrogens is 4. The number of pyridine rings is 2. The maximum Gasteiger partial charge on any atom is 0.259 e. The Morgan fingerprint density at radius 1 is 1.19 bits per heavy atom. The molecule has 3 aromatic rings. The Kier molecular flexibility index (Phi) is 5.06. The van der Waals surface area contributed by atoms with Crippen LogP contribution in [-0.4, -0.2) is 50.0 Å². The van der Waals surface area contributed by atoms with Crippen LogP contribution in [0, 0.1) is 0 Å². The van der Waals surface area contributed by atoms with Gasteiger partial charge in [0.05, 0.1) is 5.69 Å². The lowest BCUT2D eigenvalue weighted by Gasteiger charge is -2.22. The minimum absolute atomic E-state index is 0.0376. The predicted molar refractivity (Wildman–Crippen MR) is 104 cm³/mol. The summed E-state index contributed by atoms with van der Waals surface area (Å²) in [6, 6.07) is 3.88. The summed E-state index contributed by atoms with van der Waals surface area (Å²) in [6.07, 6.45) is 1.76. The molecule has 0 fully saturated rings. The van der Waals surface area contributed by atoms with Crippen LogP contribution in [0.25, 0.3) is 16.7 Å². The van der Waals surface area contributed by atoms with E-state index in [0.717, 1.165) is 22.5 Å². The first kappa shape index (κ1) is 18.1. The lowest BCUT2D eigenvalue weighted by molar-refractivity contribution is 0.0775. The van der Waals surface area contributed by atoms with Crippen molar-refractivity contribution in [2.45, 2.75) is 40.5 Å². The van der Waals surface area contributed by atoms with E-state index >= 15 is 0 Å². The molecule has 0 aromatic carbocycles. The average molecular weight is 354 g/mol. The van der Waals surface area contributed by atoms with Crippen LogP contribution < -0.4 is 5.32 Å². The maximum atomic E-state index is 13.3. The van der Waals surface area contributed by atoms with Crippen molar-refractivity contribution in [1.29, 1.82) is 0 Å². The Balaban J connectivity index is 2.47. The second-order valence-electron chi connectivity index (χ2n) is 6.50. The van der Waals surface area contributed by atoms with Crippen LogP contribution >= 0.6 is 0 Å². The van der Waals surface area contributed by atoms with Gasteiger partial charge in [-0.3, -0.25) is 9.20 Å². The molecule has 0 saturated carbocycles. The highest BCUT2D eigenvalue weighted by atomic mass is 16.2. The first-order chi connectivity index (χ1) is 12.5. The zero-order valence-electron chi connectivity index (χ0n) is 16.1. The monoisotopic (exact) mass is 354 g/mol. The highest BCUT2D eigenvalue weighted by molar-refractivity contribution is 6.11. The molecule has 0 aliphatic carbocycles. The summed E-state index contributed by atoms with van der Waals surface area (Å²) in [7, 11) is 0. The van der Waals surface area contributed by atoms with Gasteiger partial charge < -0.3 is 10.2 Å². The van der Waals surface area contributed by atoms with Crippen LogP contribution in [0.4, 0.5) is 5.69 Å². The van der Waals surface area contributed by atoms with Crippen molar-refractivity contribution in [2.24, 2.45) is 0 Å². The van der Waals surface area contributed by atoms with E-state index in [1.165, 1.54) is 0 Å². The van der Waals surface area contributed by atoms with Gasteiger partial charge in [0.2, 0.25) is 0 Å². The summed E-state index contributed by atoms with van der Waals surface area (Å²) >= 11 is 0. The van der Waals surface area contributed by atoms with E-state index in [0.29, 0.717) is 30.8 Å². The van der Waals surface area contributed by atoms with Crippen LogP contribution in [0.5, 0.6) is 0 Å². The number of nitrogens with one attached hydrogen (secondary N) is 1. The number of anilines is 1. The molecule has 1 amide bonds. The smallest absolute Gasteiger partial charge is 0.259 e. The third-order valence-electron chi connectivity index (χ3n) is 4.56. The lowest BCUT2D eigenvalue weighted by atomic mass is 10.1. The van der Waals surface area contributed by atoms with Crippen molar-refractivity contribution in [3.63, 3.8) is 0 Å². The molecule has 0 unspecified atom stereocenters. The molecule has 7 heteroatoms. The third kappa shape index (κ3) is 2.77. The van der Waals surface area contributed by atoms with Crippen molar-refractivity contribution >= 4 is 28.3 Å². The Bertz CT molecular complexity index is 942. The molecule has 3 aromatic heterocycles. The van der Waals surface area contributed by atoms with Crippen molar-refractivity contribution in [1.82, 2.24) is 24.5 Å². The van der Waals surface area contributed by atoms with E-state index in [1.807, 2.05) is 42.2 Å². The van der Waals surface area contributed by atoms with Gasteiger partial charge in [-0.1, -0.05) is 13.8 Å². The van der Waals surface area contributed by atoms with Gasteiger partial charge >= 0.3 is 0 Å². The molecular formula is C19H26N6O. The highest BCUT2D eigenvalue weighted by Crippen LogP contribution is 2.32.